The topological polar surface area (TPSA) is 66.1 Å². The molecule has 3 aromatic rings. The van der Waals surface area contributed by atoms with Crippen LogP contribution < -0.4 is 11.4 Å². The van der Waals surface area contributed by atoms with Crippen LogP contribution in [0.15, 0.2) is 39.7 Å². The molecule has 0 amide bonds. The van der Waals surface area contributed by atoms with Crippen LogP contribution in [0.25, 0.3) is 11.0 Å². The summed E-state index contributed by atoms with van der Waals surface area (Å²) in [7, 11) is 3.53. The molecule has 0 aliphatic heterocycles. The number of benzene rings is 1. The third-order valence-corrected chi connectivity index (χ3v) is 3.84. The van der Waals surface area contributed by atoms with E-state index in [1.165, 1.54) is 0 Å². The quantitative estimate of drug-likeness (QED) is 0.773. The van der Waals surface area contributed by atoms with Crippen molar-refractivity contribution in [2.75, 3.05) is 0 Å². The highest BCUT2D eigenvalue weighted by molar-refractivity contribution is 5.77. The van der Waals surface area contributed by atoms with Gasteiger partial charge in [0, 0.05) is 14.1 Å². The molecule has 0 spiro atoms. The maximum atomic E-state index is 11.9. The van der Waals surface area contributed by atoms with Gasteiger partial charge in [0.2, 0.25) is 0 Å². The van der Waals surface area contributed by atoms with Crippen molar-refractivity contribution in [2.24, 2.45) is 19.8 Å². The molecule has 3 rings (SSSR count). The number of hydrogen-bond acceptors (Lipinski definition) is 3. The van der Waals surface area contributed by atoms with Crippen molar-refractivity contribution in [3.63, 3.8) is 0 Å². The van der Waals surface area contributed by atoms with Crippen LogP contribution in [0.4, 0.5) is 0 Å². The highest BCUT2D eigenvalue weighted by Gasteiger charge is 2.17. The summed E-state index contributed by atoms with van der Waals surface area (Å²) >= 11 is 0. The molecule has 2 aromatic heterocycles. The minimum absolute atomic E-state index is 0.0418. The predicted octanol–water partition coefficient (Wildman–Crippen LogP) is 1.83. The highest BCUT2D eigenvalue weighted by atomic mass is 16.3. The normalized spacial score (nSPS) is 13.0. The van der Waals surface area contributed by atoms with E-state index < -0.39 is 0 Å². The van der Waals surface area contributed by atoms with E-state index >= 15 is 0 Å². The number of furan rings is 1. The van der Waals surface area contributed by atoms with Gasteiger partial charge in [-0.2, -0.15) is 0 Å². The average molecular weight is 271 g/mol. The minimum atomic E-state index is -0.329. The minimum Gasteiger partial charge on any atom is -0.467 e. The number of fused-ring (bicyclic) bond motifs is 1. The second-order valence-corrected chi connectivity index (χ2v) is 5.09. The van der Waals surface area contributed by atoms with Gasteiger partial charge in [-0.25, -0.2) is 4.79 Å². The molecule has 0 bridgehead atoms. The Kier molecular flexibility index (Phi) is 2.79. The third-order valence-electron chi connectivity index (χ3n) is 3.84. The fourth-order valence-electron chi connectivity index (χ4n) is 2.57. The number of rotatable bonds is 2. The van der Waals surface area contributed by atoms with Crippen LogP contribution in [0.3, 0.4) is 0 Å². The summed E-state index contributed by atoms with van der Waals surface area (Å²) in [6, 6.07) is 7.37. The number of hydrogen-bond donors (Lipinski definition) is 1. The standard InChI is InChI=1S/C15H17N3O2/c1-9-6-7-20-14(9)13(16)10-4-5-11-12(8-10)18(3)15(19)17(11)2/h4-8,13H,16H2,1-3H3. The molecule has 1 unspecified atom stereocenters. The Morgan fingerprint density at radius 2 is 1.85 bits per heavy atom. The molecule has 5 nitrogen and oxygen atoms in total. The molecule has 1 atom stereocenters. The summed E-state index contributed by atoms with van der Waals surface area (Å²) in [6.07, 6.45) is 1.64. The Balaban J connectivity index is 2.17. The lowest BCUT2D eigenvalue weighted by Gasteiger charge is -2.11. The van der Waals surface area contributed by atoms with Gasteiger partial charge in [-0.15, -0.1) is 0 Å². The molecule has 20 heavy (non-hydrogen) atoms. The van der Waals surface area contributed by atoms with Crippen LogP contribution in [0.5, 0.6) is 0 Å². The first-order chi connectivity index (χ1) is 9.50. The number of nitrogens with two attached hydrogens (primary N) is 1. The molecule has 2 heterocycles. The maximum absolute atomic E-state index is 11.9. The first-order valence-corrected chi connectivity index (χ1v) is 6.45. The summed E-state index contributed by atoms with van der Waals surface area (Å²) in [6.45, 7) is 1.97. The second kappa shape index (κ2) is 4.38. The zero-order valence-electron chi connectivity index (χ0n) is 11.8. The first-order valence-electron chi connectivity index (χ1n) is 6.45. The molecule has 0 aliphatic rings. The summed E-state index contributed by atoms with van der Waals surface area (Å²) in [4.78, 5) is 11.9. The zero-order valence-corrected chi connectivity index (χ0v) is 11.8. The zero-order chi connectivity index (χ0) is 14.4. The van der Waals surface area contributed by atoms with Gasteiger partial charge in [-0.05, 0) is 36.2 Å². The molecular formula is C15H17N3O2. The Hall–Kier alpha value is -2.27. The van der Waals surface area contributed by atoms with Gasteiger partial charge in [-0.3, -0.25) is 9.13 Å². The fraction of sp³-hybridized carbons (Fsp3) is 0.267. The molecule has 1 aromatic carbocycles. The summed E-state index contributed by atoms with van der Waals surface area (Å²) in [5.41, 5.74) is 9.94. The summed E-state index contributed by atoms with van der Waals surface area (Å²) in [5, 5.41) is 0. The van der Waals surface area contributed by atoms with Crippen LogP contribution in [-0.2, 0) is 14.1 Å². The van der Waals surface area contributed by atoms with Crippen molar-refractivity contribution in [3.05, 3.63) is 57.9 Å². The number of imidazole rings is 1. The second-order valence-electron chi connectivity index (χ2n) is 5.09. The Bertz CT molecular complexity index is 839. The number of nitrogens with zero attached hydrogens (tertiary/aromatic N) is 2. The highest BCUT2D eigenvalue weighted by Crippen LogP contribution is 2.25. The molecule has 0 aliphatic carbocycles. The molecule has 0 saturated carbocycles. The predicted molar refractivity (Wildman–Crippen MR) is 77.6 cm³/mol. The number of aryl methyl sites for hydroxylation is 3. The Morgan fingerprint density at radius 3 is 2.50 bits per heavy atom. The molecule has 104 valence electrons. The van der Waals surface area contributed by atoms with E-state index in [0.717, 1.165) is 27.9 Å². The maximum Gasteiger partial charge on any atom is 0.328 e. The van der Waals surface area contributed by atoms with Crippen LogP contribution in [0, 0.1) is 6.92 Å². The summed E-state index contributed by atoms with van der Waals surface area (Å²) < 4.78 is 8.71. The van der Waals surface area contributed by atoms with E-state index in [9.17, 15) is 4.79 Å². The van der Waals surface area contributed by atoms with Gasteiger partial charge in [-0.1, -0.05) is 6.07 Å². The molecule has 0 radical (unpaired) electrons. The SMILES string of the molecule is Cc1ccoc1C(N)c1ccc2c(c1)n(C)c(=O)n2C. The third kappa shape index (κ3) is 1.71. The van der Waals surface area contributed by atoms with Gasteiger partial charge >= 0.3 is 5.69 Å². The van der Waals surface area contributed by atoms with Crippen LogP contribution in [0.1, 0.15) is 22.9 Å². The monoisotopic (exact) mass is 271 g/mol. The van der Waals surface area contributed by atoms with Crippen molar-refractivity contribution in [1.29, 1.82) is 0 Å². The van der Waals surface area contributed by atoms with E-state index in [0.29, 0.717) is 0 Å². The van der Waals surface area contributed by atoms with Crippen LogP contribution >= 0.6 is 0 Å². The summed E-state index contributed by atoms with van der Waals surface area (Å²) in [5.74, 6) is 0.755. The van der Waals surface area contributed by atoms with E-state index in [1.807, 2.05) is 31.2 Å². The lowest BCUT2D eigenvalue weighted by atomic mass is 10.0. The van der Waals surface area contributed by atoms with Crippen molar-refractivity contribution in [2.45, 2.75) is 13.0 Å². The smallest absolute Gasteiger partial charge is 0.328 e. The van der Waals surface area contributed by atoms with Gasteiger partial charge in [0.15, 0.2) is 0 Å². The van der Waals surface area contributed by atoms with Crippen molar-refractivity contribution < 1.29 is 4.42 Å². The van der Waals surface area contributed by atoms with Gasteiger partial charge in [0.1, 0.15) is 5.76 Å². The van der Waals surface area contributed by atoms with Crippen LogP contribution in [0.2, 0.25) is 0 Å². The largest absolute Gasteiger partial charge is 0.467 e. The van der Waals surface area contributed by atoms with Crippen molar-refractivity contribution >= 4 is 11.0 Å². The Labute approximate surface area is 116 Å². The molecule has 5 heteroatoms. The molecule has 0 saturated heterocycles. The van der Waals surface area contributed by atoms with E-state index in [2.05, 4.69) is 0 Å². The Morgan fingerprint density at radius 1 is 1.15 bits per heavy atom. The van der Waals surface area contributed by atoms with Gasteiger partial charge in [0.05, 0.1) is 23.3 Å². The van der Waals surface area contributed by atoms with E-state index in [1.54, 1.807) is 29.5 Å². The van der Waals surface area contributed by atoms with Crippen molar-refractivity contribution in [1.82, 2.24) is 9.13 Å². The van der Waals surface area contributed by atoms with E-state index in [4.69, 9.17) is 10.2 Å². The fourth-order valence-corrected chi connectivity index (χ4v) is 2.57. The van der Waals surface area contributed by atoms with E-state index in [-0.39, 0.29) is 11.7 Å². The average Bonchev–Trinajstić information content (AvgIpc) is 2.97. The van der Waals surface area contributed by atoms with Gasteiger partial charge in [0.25, 0.3) is 0 Å². The molecular weight excluding hydrogens is 254 g/mol. The molecule has 2 N–H and O–H groups in total. The van der Waals surface area contributed by atoms with Gasteiger partial charge < -0.3 is 10.2 Å². The van der Waals surface area contributed by atoms with Crippen molar-refractivity contribution in [3.8, 4) is 0 Å². The molecule has 0 fully saturated rings. The van der Waals surface area contributed by atoms with Crippen LogP contribution in [-0.4, -0.2) is 9.13 Å². The lowest BCUT2D eigenvalue weighted by molar-refractivity contribution is 0.487. The number of aromatic nitrogens is 2. The lowest BCUT2D eigenvalue weighted by Crippen LogP contribution is -2.19. The first kappa shape index (κ1) is 12.7.